The molecular formula is C38H37N5O4. The molecule has 9 heteroatoms. The molecule has 1 amide bonds. The molecule has 3 aliphatic rings. The van der Waals surface area contributed by atoms with Crippen molar-refractivity contribution in [1.29, 1.82) is 0 Å². The second-order valence-corrected chi connectivity index (χ2v) is 12.7. The van der Waals surface area contributed by atoms with Gasteiger partial charge in [0.15, 0.2) is 5.76 Å². The zero-order valence-corrected chi connectivity index (χ0v) is 26.3. The number of amides is 1. The van der Waals surface area contributed by atoms with Crippen molar-refractivity contribution in [3.05, 3.63) is 96.3 Å². The van der Waals surface area contributed by atoms with Crippen molar-refractivity contribution in [3.8, 4) is 45.0 Å². The van der Waals surface area contributed by atoms with Crippen LogP contribution >= 0.6 is 0 Å². The molecule has 238 valence electrons. The van der Waals surface area contributed by atoms with Crippen molar-refractivity contribution in [1.82, 2.24) is 19.8 Å². The van der Waals surface area contributed by atoms with E-state index in [1.165, 1.54) is 32.1 Å². The Morgan fingerprint density at radius 3 is 2.40 bits per heavy atom. The lowest BCUT2D eigenvalue weighted by molar-refractivity contribution is 0.0498. The summed E-state index contributed by atoms with van der Waals surface area (Å²) in [6.45, 7) is 3.19. The van der Waals surface area contributed by atoms with Crippen molar-refractivity contribution >= 4 is 11.6 Å². The van der Waals surface area contributed by atoms with Crippen molar-refractivity contribution < 1.29 is 18.8 Å². The highest BCUT2D eigenvalue weighted by Crippen LogP contribution is 2.39. The lowest BCUT2D eigenvalue weighted by Crippen LogP contribution is -2.52. The molecular weight excluding hydrogens is 590 g/mol. The molecule has 4 aromatic heterocycles. The number of oxime groups is 1. The summed E-state index contributed by atoms with van der Waals surface area (Å²) in [7, 11) is 0. The largest absolute Gasteiger partial charge is 0.464 e. The van der Waals surface area contributed by atoms with Crippen LogP contribution in [0.5, 0.6) is 0 Å². The highest BCUT2D eigenvalue weighted by molar-refractivity contribution is 6.04. The van der Waals surface area contributed by atoms with Crippen molar-refractivity contribution in [2.45, 2.75) is 51.0 Å². The number of nitrogens with zero attached hydrogens (tertiary/aromatic N) is 5. The maximum absolute atomic E-state index is 13.8. The predicted molar refractivity (Wildman–Crippen MR) is 179 cm³/mol. The van der Waals surface area contributed by atoms with E-state index in [0.717, 1.165) is 76.3 Å². The number of benzene rings is 1. The van der Waals surface area contributed by atoms with Gasteiger partial charge in [0.05, 0.1) is 17.7 Å². The fourth-order valence-electron chi connectivity index (χ4n) is 7.52. The Balaban J connectivity index is 1.10. The van der Waals surface area contributed by atoms with Gasteiger partial charge in [-0.25, -0.2) is 0 Å². The molecule has 1 N–H and O–H groups in total. The lowest BCUT2D eigenvalue weighted by Gasteiger charge is -2.40. The molecule has 2 aliphatic carbocycles. The van der Waals surface area contributed by atoms with Crippen LogP contribution in [0.3, 0.4) is 0 Å². The van der Waals surface area contributed by atoms with Crippen molar-refractivity contribution in [3.63, 3.8) is 0 Å². The minimum absolute atomic E-state index is 0.0923. The maximum Gasteiger partial charge on any atom is 0.289 e. The fraction of sp³-hybridized carbons (Fsp3) is 0.316. The smallest absolute Gasteiger partial charge is 0.289 e. The van der Waals surface area contributed by atoms with Gasteiger partial charge in [-0.05, 0) is 73.2 Å². The summed E-state index contributed by atoms with van der Waals surface area (Å²) in [6, 6.07) is 18.3. The average Bonchev–Trinajstić information content (AvgIpc) is 3.91. The van der Waals surface area contributed by atoms with E-state index in [9.17, 15) is 10.0 Å². The van der Waals surface area contributed by atoms with Gasteiger partial charge in [0.2, 0.25) is 0 Å². The molecule has 0 radical (unpaired) electrons. The molecule has 1 aromatic carbocycles. The van der Waals surface area contributed by atoms with Crippen LogP contribution in [0.4, 0.5) is 0 Å². The third-order valence-corrected chi connectivity index (χ3v) is 10.0. The molecule has 9 nitrogen and oxygen atoms in total. The lowest BCUT2D eigenvalue weighted by atomic mass is 9.94. The topological polar surface area (TPSA) is 108 Å². The number of hydrogen-bond acceptors (Lipinski definition) is 8. The van der Waals surface area contributed by atoms with E-state index in [1.807, 2.05) is 53.4 Å². The highest BCUT2D eigenvalue weighted by Gasteiger charge is 2.30. The van der Waals surface area contributed by atoms with E-state index < -0.39 is 0 Å². The summed E-state index contributed by atoms with van der Waals surface area (Å²) in [4.78, 5) is 27.2. The quantitative estimate of drug-likeness (QED) is 0.153. The molecule has 5 heterocycles. The number of carbonyl (C=O) groups excluding carboxylic acids is 1. The summed E-state index contributed by atoms with van der Waals surface area (Å²) in [6.07, 6.45) is 15.0. The average molecular weight is 628 g/mol. The van der Waals surface area contributed by atoms with E-state index >= 15 is 0 Å². The molecule has 47 heavy (non-hydrogen) atoms. The minimum atomic E-state index is -0.0923. The molecule has 1 aliphatic heterocycles. The molecule has 0 unspecified atom stereocenters. The number of aryl methyl sites for hydroxylation is 1. The Labute approximate surface area is 273 Å². The number of carbonyl (C=O) groups is 1. The number of aromatic nitrogens is 2. The van der Waals surface area contributed by atoms with Gasteiger partial charge >= 0.3 is 0 Å². The van der Waals surface area contributed by atoms with Crippen LogP contribution in [0.2, 0.25) is 0 Å². The second kappa shape index (κ2) is 12.6. The van der Waals surface area contributed by atoms with Gasteiger partial charge in [0.1, 0.15) is 11.5 Å². The first-order valence-corrected chi connectivity index (χ1v) is 16.6. The van der Waals surface area contributed by atoms with E-state index in [2.05, 4.69) is 21.1 Å². The van der Waals surface area contributed by atoms with E-state index in [4.69, 9.17) is 13.8 Å². The van der Waals surface area contributed by atoms with Gasteiger partial charge in [-0.3, -0.25) is 19.7 Å². The van der Waals surface area contributed by atoms with Gasteiger partial charge in [0, 0.05) is 78.6 Å². The van der Waals surface area contributed by atoms with Crippen LogP contribution < -0.4 is 0 Å². The van der Waals surface area contributed by atoms with Gasteiger partial charge in [-0.15, -0.1) is 0 Å². The summed E-state index contributed by atoms with van der Waals surface area (Å²) >= 11 is 0. The Bertz CT molecular complexity index is 1930. The first-order valence-electron chi connectivity index (χ1n) is 16.6. The molecule has 8 rings (SSSR count). The van der Waals surface area contributed by atoms with Gasteiger partial charge < -0.3 is 18.9 Å². The number of pyridine rings is 2. The van der Waals surface area contributed by atoms with Gasteiger partial charge in [-0.1, -0.05) is 42.6 Å². The van der Waals surface area contributed by atoms with Crippen LogP contribution in [0.25, 0.3) is 45.0 Å². The molecule has 2 fully saturated rings. The van der Waals surface area contributed by atoms with Crippen LogP contribution in [0.1, 0.15) is 60.2 Å². The van der Waals surface area contributed by atoms with Crippen molar-refractivity contribution in [2.24, 2.45) is 5.16 Å². The van der Waals surface area contributed by atoms with Gasteiger partial charge in [-0.2, -0.15) is 0 Å². The SMILES string of the molecule is O=C(c1cc(-c2cc(-c3occc3-c3ccc4c(c3)CCC4=NO)ccn2)c(-c2ccncc2)o1)N1CCN(C2CCCCC2)CC1. The molecule has 0 atom stereocenters. The molecule has 1 saturated carbocycles. The molecule has 0 spiro atoms. The zero-order chi connectivity index (χ0) is 31.7. The maximum atomic E-state index is 13.8. The van der Waals surface area contributed by atoms with Crippen LogP contribution in [-0.2, 0) is 6.42 Å². The predicted octanol–water partition coefficient (Wildman–Crippen LogP) is 7.55. The van der Waals surface area contributed by atoms with Crippen LogP contribution in [0.15, 0.2) is 93.4 Å². The standard InChI is InChI=1S/C38H37N5O4/c44-38(43-19-17-42(18-20-43)29-4-2-1-3-5-29)35-24-32(37(47-35)25-10-14-39-15-11-25)34-23-28(12-16-40-34)36-31(13-21-46-36)27-6-8-30-26(22-27)7-9-33(30)41-45/h6,8,10-16,21-24,29,45H,1-5,7,9,17-20H2. The fourth-order valence-corrected chi connectivity index (χ4v) is 7.52. The Morgan fingerprint density at radius 2 is 1.60 bits per heavy atom. The molecule has 1 saturated heterocycles. The summed E-state index contributed by atoms with van der Waals surface area (Å²) in [5, 5.41) is 12.8. The van der Waals surface area contributed by atoms with Crippen molar-refractivity contribution in [2.75, 3.05) is 26.2 Å². The first-order chi connectivity index (χ1) is 23.2. The number of piperazine rings is 1. The normalized spacial score (nSPS) is 18.1. The number of rotatable bonds is 6. The first kappa shape index (κ1) is 29.4. The van der Waals surface area contributed by atoms with E-state index in [-0.39, 0.29) is 5.91 Å². The van der Waals surface area contributed by atoms with E-state index in [1.54, 1.807) is 24.9 Å². The monoisotopic (exact) mass is 627 g/mol. The molecule has 0 bridgehead atoms. The Hall–Kier alpha value is -5.02. The third-order valence-electron chi connectivity index (χ3n) is 10.0. The highest BCUT2D eigenvalue weighted by atomic mass is 16.4. The number of fused-ring (bicyclic) bond motifs is 1. The third kappa shape index (κ3) is 5.65. The Morgan fingerprint density at radius 1 is 0.787 bits per heavy atom. The van der Waals surface area contributed by atoms with Crippen LogP contribution in [-0.4, -0.2) is 68.8 Å². The summed E-state index contributed by atoms with van der Waals surface area (Å²) in [5.74, 6) is 1.53. The Kier molecular flexibility index (Phi) is 7.90. The minimum Gasteiger partial charge on any atom is -0.464 e. The summed E-state index contributed by atoms with van der Waals surface area (Å²) in [5.41, 5.74) is 7.97. The zero-order valence-electron chi connectivity index (χ0n) is 26.3. The number of hydrogen-bond donors (Lipinski definition) is 1. The summed E-state index contributed by atoms with van der Waals surface area (Å²) < 4.78 is 12.4. The molecule has 5 aromatic rings. The van der Waals surface area contributed by atoms with Gasteiger partial charge in [0.25, 0.3) is 5.91 Å². The second-order valence-electron chi connectivity index (χ2n) is 12.7. The van der Waals surface area contributed by atoms with E-state index in [0.29, 0.717) is 36.3 Å². The number of furan rings is 2. The van der Waals surface area contributed by atoms with Crippen LogP contribution in [0, 0.1) is 0 Å².